The Hall–Kier alpha value is -1.93. The molecule has 2 amide bonds. The molecule has 4 fully saturated rings. The molecule has 1 aromatic rings. The molecule has 8 heteroatoms. The van der Waals surface area contributed by atoms with E-state index in [1.165, 1.54) is 0 Å². The number of nitrogens with zero attached hydrogens (tertiary/aromatic N) is 2. The highest BCUT2D eigenvalue weighted by Crippen LogP contribution is 2.40. The van der Waals surface area contributed by atoms with E-state index in [2.05, 4.69) is 0 Å². The van der Waals surface area contributed by atoms with Gasteiger partial charge in [0.1, 0.15) is 5.60 Å². The highest BCUT2D eigenvalue weighted by molar-refractivity contribution is 7.92. The minimum absolute atomic E-state index is 0.0123. The molecule has 0 spiro atoms. The first-order valence-electron chi connectivity index (χ1n) is 12.4. The quantitative estimate of drug-likeness (QED) is 0.708. The number of sulfone groups is 1. The Labute approximate surface area is 196 Å². The number of aliphatic hydroxyl groups is 1. The fourth-order valence-corrected chi connectivity index (χ4v) is 7.22. The standard InChI is InChI=1S/C25H34N2O5S/c1-17-16-26(13-14-27(17)24(29)25(30)11-12-25)23(28)19-7-5-18(6-8-19)20-3-2-4-22(15-20)33(31,32)21-9-10-21/h2-4,15,17-19,21,30H,5-14,16H2,1H3/t17-,18?,19?/m0/s1. The van der Waals surface area contributed by atoms with Crippen LogP contribution in [0.25, 0.3) is 0 Å². The lowest BCUT2D eigenvalue weighted by Crippen LogP contribution is -2.58. The van der Waals surface area contributed by atoms with Crippen molar-refractivity contribution < 1.29 is 23.1 Å². The molecule has 7 nitrogen and oxygen atoms in total. The number of piperazine rings is 1. The van der Waals surface area contributed by atoms with Crippen molar-refractivity contribution in [3.8, 4) is 0 Å². The van der Waals surface area contributed by atoms with Crippen LogP contribution in [0.4, 0.5) is 0 Å². The van der Waals surface area contributed by atoms with Crippen LogP contribution in [0.1, 0.15) is 69.8 Å². The molecule has 0 unspecified atom stereocenters. The summed E-state index contributed by atoms with van der Waals surface area (Å²) in [5.41, 5.74) is -0.0879. The van der Waals surface area contributed by atoms with Crippen molar-refractivity contribution in [1.82, 2.24) is 9.80 Å². The SMILES string of the molecule is C[C@H]1CN(C(=O)C2CCC(c3cccc(S(=O)(=O)C4CC4)c3)CC2)CCN1C(=O)C1(O)CC1. The van der Waals surface area contributed by atoms with Gasteiger partial charge in [-0.15, -0.1) is 0 Å². The van der Waals surface area contributed by atoms with Gasteiger partial charge in [0.05, 0.1) is 10.1 Å². The summed E-state index contributed by atoms with van der Waals surface area (Å²) >= 11 is 0. The molecule has 1 saturated heterocycles. The van der Waals surface area contributed by atoms with Crippen molar-refractivity contribution in [3.05, 3.63) is 29.8 Å². The molecule has 1 aliphatic heterocycles. The van der Waals surface area contributed by atoms with Gasteiger partial charge in [0.2, 0.25) is 5.91 Å². The summed E-state index contributed by atoms with van der Waals surface area (Å²) in [5, 5.41) is 9.95. The van der Waals surface area contributed by atoms with E-state index in [0.717, 1.165) is 44.1 Å². The van der Waals surface area contributed by atoms with Gasteiger partial charge >= 0.3 is 0 Å². The van der Waals surface area contributed by atoms with Crippen LogP contribution < -0.4 is 0 Å². The Morgan fingerprint density at radius 1 is 1.03 bits per heavy atom. The smallest absolute Gasteiger partial charge is 0.254 e. The third-order valence-corrected chi connectivity index (χ3v) is 10.3. The van der Waals surface area contributed by atoms with Crippen LogP contribution in [0.3, 0.4) is 0 Å². The third-order valence-electron chi connectivity index (χ3n) is 8.02. The molecule has 1 atom stereocenters. The normalized spacial score (nSPS) is 29.6. The number of benzene rings is 1. The van der Waals surface area contributed by atoms with Crippen molar-refractivity contribution >= 4 is 21.7 Å². The molecular formula is C25H34N2O5S. The third kappa shape index (κ3) is 4.44. The van der Waals surface area contributed by atoms with Crippen LogP contribution in [0.2, 0.25) is 0 Å². The van der Waals surface area contributed by atoms with Gasteiger partial charge in [-0.05, 0) is 81.9 Å². The van der Waals surface area contributed by atoms with Gasteiger partial charge in [0.25, 0.3) is 5.91 Å². The van der Waals surface area contributed by atoms with Crippen LogP contribution in [0.5, 0.6) is 0 Å². The Morgan fingerprint density at radius 3 is 2.33 bits per heavy atom. The Kier molecular flexibility index (Phi) is 5.80. The number of hydrogen-bond acceptors (Lipinski definition) is 5. The van der Waals surface area contributed by atoms with Crippen molar-refractivity contribution in [2.45, 2.75) is 86.0 Å². The van der Waals surface area contributed by atoms with Gasteiger partial charge in [-0.3, -0.25) is 9.59 Å². The first-order valence-corrected chi connectivity index (χ1v) is 13.9. The molecule has 1 N–H and O–H groups in total. The molecule has 0 radical (unpaired) electrons. The molecule has 1 aromatic carbocycles. The van der Waals surface area contributed by atoms with Gasteiger partial charge in [-0.2, -0.15) is 0 Å². The van der Waals surface area contributed by atoms with Gasteiger partial charge in [-0.1, -0.05) is 12.1 Å². The predicted molar refractivity (Wildman–Crippen MR) is 123 cm³/mol. The van der Waals surface area contributed by atoms with Crippen LogP contribution in [-0.4, -0.2) is 71.7 Å². The zero-order chi connectivity index (χ0) is 23.4. The highest BCUT2D eigenvalue weighted by atomic mass is 32.2. The number of hydrogen-bond donors (Lipinski definition) is 1. The monoisotopic (exact) mass is 474 g/mol. The molecule has 3 aliphatic carbocycles. The predicted octanol–water partition coefficient (Wildman–Crippen LogP) is 2.48. The van der Waals surface area contributed by atoms with Crippen molar-refractivity contribution in [1.29, 1.82) is 0 Å². The van der Waals surface area contributed by atoms with E-state index in [9.17, 15) is 23.1 Å². The zero-order valence-corrected chi connectivity index (χ0v) is 20.1. The second-order valence-electron chi connectivity index (χ2n) is 10.5. The molecular weight excluding hydrogens is 440 g/mol. The molecule has 0 aromatic heterocycles. The molecule has 33 heavy (non-hydrogen) atoms. The minimum atomic E-state index is -3.19. The number of carbonyl (C=O) groups excluding carboxylic acids is 2. The van der Waals surface area contributed by atoms with Crippen LogP contribution in [0.15, 0.2) is 29.2 Å². The maximum absolute atomic E-state index is 13.2. The second kappa shape index (κ2) is 8.38. The van der Waals surface area contributed by atoms with Gasteiger partial charge in [-0.25, -0.2) is 8.42 Å². The average molecular weight is 475 g/mol. The van der Waals surface area contributed by atoms with E-state index in [0.29, 0.717) is 37.4 Å². The topological polar surface area (TPSA) is 95.0 Å². The van der Waals surface area contributed by atoms with E-state index < -0.39 is 15.4 Å². The summed E-state index contributed by atoms with van der Waals surface area (Å²) in [6.07, 6.45) is 5.97. The molecule has 4 aliphatic rings. The summed E-state index contributed by atoms with van der Waals surface area (Å²) in [6.45, 7) is 3.46. The Bertz CT molecular complexity index is 1040. The maximum Gasteiger partial charge on any atom is 0.254 e. The lowest BCUT2D eigenvalue weighted by Gasteiger charge is -2.42. The van der Waals surface area contributed by atoms with E-state index in [-0.39, 0.29) is 34.9 Å². The first-order chi connectivity index (χ1) is 15.7. The summed E-state index contributed by atoms with van der Waals surface area (Å²) in [5.74, 6) is 0.258. The molecule has 1 heterocycles. The number of amides is 2. The fraction of sp³-hybridized carbons (Fsp3) is 0.680. The summed E-state index contributed by atoms with van der Waals surface area (Å²) in [4.78, 5) is 29.8. The Balaban J connectivity index is 1.16. The van der Waals surface area contributed by atoms with Crippen molar-refractivity contribution in [2.75, 3.05) is 19.6 Å². The lowest BCUT2D eigenvalue weighted by atomic mass is 9.78. The fourth-order valence-electron chi connectivity index (χ4n) is 5.51. The van der Waals surface area contributed by atoms with Gasteiger partial charge in [0, 0.05) is 31.6 Å². The van der Waals surface area contributed by atoms with E-state index in [1.54, 1.807) is 11.0 Å². The maximum atomic E-state index is 13.2. The molecule has 0 bridgehead atoms. The molecule has 5 rings (SSSR count). The van der Waals surface area contributed by atoms with Gasteiger partial charge < -0.3 is 14.9 Å². The summed E-state index contributed by atoms with van der Waals surface area (Å²) in [7, 11) is -3.19. The minimum Gasteiger partial charge on any atom is -0.380 e. The largest absolute Gasteiger partial charge is 0.380 e. The molecule has 180 valence electrons. The summed E-state index contributed by atoms with van der Waals surface area (Å²) < 4.78 is 25.2. The molecule has 3 saturated carbocycles. The summed E-state index contributed by atoms with van der Waals surface area (Å²) in [6, 6.07) is 7.34. The Morgan fingerprint density at radius 2 is 1.73 bits per heavy atom. The number of carbonyl (C=O) groups is 2. The van der Waals surface area contributed by atoms with Crippen molar-refractivity contribution in [3.63, 3.8) is 0 Å². The zero-order valence-electron chi connectivity index (χ0n) is 19.3. The van der Waals surface area contributed by atoms with Crippen LogP contribution in [-0.2, 0) is 19.4 Å². The van der Waals surface area contributed by atoms with E-state index >= 15 is 0 Å². The van der Waals surface area contributed by atoms with Crippen LogP contribution >= 0.6 is 0 Å². The average Bonchev–Trinajstić information content (AvgIpc) is 3.75. The lowest BCUT2D eigenvalue weighted by molar-refractivity contribution is -0.152. The van der Waals surface area contributed by atoms with Crippen LogP contribution in [0, 0.1) is 5.92 Å². The van der Waals surface area contributed by atoms with E-state index in [1.807, 2.05) is 30.0 Å². The van der Waals surface area contributed by atoms with E-state index in [4.69, 9.17) is 0 Å². The second-order valence-corrected chi connectivity index (χ2v) is 12.8. The van der Waals surface area contributed by atoms with Gasteiger partial charge in [0.15, 0.2) is 9.84 Å². The first kappa shape index (κ1) is 22.8. The highest BCUT2D eigenvalue weighted by Gasteiger charge is 2.51. The number of rotatable bonds is 5. The van der Waals surface area contributed by atoms with Crippen molar-refractivity contribution in [2.24, 2.45) is 5.92 Å².